The predicted octanol–water partition coefficient (Wildman–Crippen LogP) is 6.64. The standard InChI is InChI=1S/C27H20BrF3N4O4S/c28-22-10-17(6-9-23(22)39-14-16-4-7-18(8-5-16)25(37)38)13-32-35-24(36)12-21-15-40-26(34-21)33-20-3-1-2-19(11-20)27(29,30)31/h1-11,13,15H,12,14H2,(H,33,34)(H,35,36)(H,37,38)/b32-13-. The highest BCUT2D eigenvalue weighted by Crippen LogP contribution is 2.32. The molecule has 0 unspecified atom stereocenters. The number of hydrazone groups is 1. The van der Waals surface area contributed by atoms with Crippen molar-refractivity contribution in [2.45, 2.75) is 19.2 Å². The number of benzene rings is 3. The maximum atomic E-state index is 12.9. The van der Waals surface area contributed by atoms with E-state index in [1.165, 1.54) is 41.8 Å². The first kappa shape index (κ1) is 28.8. The molecule has 0 atom stereocenters. The number of hydrogen-bond donors (Lipinski definition) is 3. The number of carbonyl (C=O) groups excluding carboxylic acids is 1. The summed E-state index contributed by atoms with van der Waals surface area (Å²) in [5.74, 6) is -0.840. The summed E-state index contributed by atoms with van der Waals surface area (Å²) in [4.78, 5) is 27.4. The van der Waals surface area contributed by atoms with E-state index < -0.39 is 23.6 Å². The van der Waals surface area contributed by atoms with Gasteiger partial charge in [0.05, 0.1) is 33.9 Å². The summed E-state index contributed by atoms with van der Waals surface area (Å²) in [7, 11) is 0. The highest BCUT2D eigenvalue weighted by atomic mass is 79.9. The lowest BCUT2D eigenvalue weighted by molar-refractivity contribution is -0.137. The maximum absolute atomic E-state index is 12.9. The van der Waals surface area contributed by atoms with Gasteiger partial charge in [-0.05, 0) is 75.6 Å². The van der Waals surface area contributed by atoms with Crippen molar-refractivity contribution in [3.8, 4) is 5.75 Å². The maximum Gasteiger partial charge on any atom is 0.416 e. The number of amides is 1. The molecule has 1 amide bonds. The fourth-order valence-corrected chi connectivity index (χ4v) is 4.59. The average molecular weight is 633 g/mol. The van der Waals surface area contributed by atoms with Crippen LogP contribution in [0.2, 0.25) is 0 Å². The molecule has 3 N–H and O–H groups in total. The number of nitrogens with zero attached hydrogens (tertiary/aromatic N) is 2. The SMILES string of the molecule is O=C(Cc1csc(Nc2cccc(C(F)(F)F)c2)n1)N/N=C\c1ccc(OCc2ccc(C(=O)O)cc2)c(Br)c1. The Labute approximate surface area is 238 Å². The lowest BCUT2D eigenvalue weighted by atomic mass is 10.1. The predicted molar refractivity (Wildman–Crippen MR) is 148 cm³/mol. The van der Waals surface area contributed by atoms with Crippen LogP contribution in [0.3, 0.4) is 0 Å². The van der Waals surface area contributed by atoms with Gasteiger partial charge in [-0.15, -0.1) is 11.3 Å². The van der Waals surface area contributed by atoms with Crippen molar-refractivity contribution in [3.63, 3.8) is 0 Å². The molecule has 3 aromatic carbocycles. The quantitative estimate of drug-likeness (QED) is 0.133. The lowest BCUT2D eigenvalue weighted by Crippen LogP contribution is -2.19. The second kappa shape index (κ2) is 12.7. The van der Waals surface area contributed by atoms with Crippen molar-refractivity contribution in [3.05, 3.63) is 105 Å². The Morgan fingerprint density at radius 2 is 1.88 bits per heavy atom. The Balaban J connectivity index is 1.26. The summed E-state index contributed by atoms with van der Waals surface area (Å²) >= 11 is 4.60. The Morgan fingerprint density at radius 3 is 2.58 bits per heavy atom. The van der Waals surface area contributed by atoms with Crippen LogP contribution in [0.1, 0.15) is 32.7 Å². The molecule has 8 nitrogen and oxygen atoms in total. The first-order valence-corrected chi connectivity index (χ1v) is 13.2. The summed E-state index contributed by atoms with van der Waals surface area (Å²) in [5, 5.41) is 17.7. The summed E-state index contributed by atoms with van der Waals surface area (Å²) in [6.07, 6.45) is -3.06. The second-order valence-electron chi connectivity index (χ2n) is 8.30. The van der Waals surface area contributed by atoms with Gasteiger partial charge in [-0.1, -0.05) is 18.2 Å². The second-order valence-corrected chi connectivity index (χ2v) is 10.0. The van der Waals surface area contributed by atoms with E-state index in [-0.39, 0.29) is 24.3 Å². The molecule has 0 bridgehead atoms. The molecule has 13 heteroatoms. The van der Waals surface area contributed by atoms with E-state index in [2.05, 4.69) is 36.8 Å². The van der Waals surface area contributed by atoms with E-state index in [0.717, 1.165) is 17.7 Å². The first-order chi connectivity index (χ1) is 19.1. The van der Waals surface area contributed by atoms with Crippen LogP contribution in [0.4, 0.5) is 24.0 Å². The molecular formula is C27H20BrF3N4O4S. The molecule has 0 aliphatic carbocycles. The van der Waals surface area contributed by atoms with Gasteiger partial charge in [-0.25, -0.2) is 15.2 Å². The third-order valence-corrected chi connectivity index (χ3v) is 6.71. The number of nitrogens with one attached hydrogen (secondary N) is 2. The molecule has 0 spiro atoms. The van der Waals surface area contributed by atoms with Crippen LogP contribution in [0.15, 0.2) is 81.7 Å². The zero-order valence-corrected chi connectivity index (χ0v) is 22.8. The van der Waals surface area contributed by atoms with E-state index in [0.29, 0.717) is 26.6 Å². The van der Waals surface area contributed by atoms with Crippen LogP contribution in [-0.2, 0) is 24.0 Å². The molecular weight excluding hydrogens is 613 g/mol. The van der Waals surface area contributed by atoms with Gasteiger partial charge >= 0.3 is 12.1 Å². The van der Waals surface area contributed by atoms with E-state index >= 15 is 0 Å². The zero-order valence-electron chi connectivity index (χ0n) is 20.4. The topological polar surface area (TPSA) is 113 Å². The van der Waals surface area contributed by atoms with Crippen LogP contribution >= 0.6 is 27.3 Å². The van der Waals surface area contributed by atoms with Crippen molar-refractivity contribution in [1.29, 1.82) is 0 Å². The van der Waals surface area contributed by atoms with Crippen LogP contribution in [0, 0.1) is 0 Å². The van der Waals surface area contributed by atoms with E-state index in [1.807, 2.05) is 0 Å². The van der Waals surface area contributed by atoms with Crippen molar-refractivity contribution in [2.24, 2.45) is 5.10 Å². The fourth-order valence-electron chi connectivity index (χ4n) is 3.34. The largest absolute Gasteiger partial charge is 0.488 e. The third kappa shape index (κ3) is 8.13. The Bertz CT molecular complexity index is 1540. The van der Waals surface area contributed by atoms with Gasteiger partial charge in [0.15, 0.2) is 5.13 Å². The van der Waals surface area contributed by atoms with E-state index in [4.69, 9.17) is 9.84 Å². The number of carboxylic acids is 1. The molecule has 0 saturated heterocycles. The van der Waals surface area contributed by atoms with Gasteiger partial charge < -0.3 is 15.2 Å². The molecule has 40 heavy (non-hydrogen) atoms. The van der Waals surface area contributed by atoms with Gasteiger partial charge in [0, 0.05) is 11.1 Å². The highest BCUT2D eigenvalue weighted by molar-refractivity contribution is 9.10. The monoisotopic (exact) mass is 632 g/mol. The Morgan fingerprint density at radius 1 is 1.10 bits per heavy atom. The Hall–Kier alpha value is -4.23. The number of ether oxygens (including phenoxy) is 1. The third-order valence-electron chi connectivity index (χ3n) is 5.29. The highest BCUT2D eigenvalue weighted by Gasteiger charge is 2.30. The number of carboxylic acid groups (broad SMARTS) is 1. The minimum absolute atomic E-state index is 0.0674. The van der Waals surface area contributed by atoms with Crippen molar-refractivity contribution >= 4 is 56.2 Å². The van der Waals surface area contributed by atoms with Crippen LogP contribution in [-0.4, -0.2) is 28.2 Å². The van der Waals surface area contributed by atoms with Gasteiger partial charge in [-0.2, -0.15) is 18.3 Å². The molecule has 1 heterocycles. The number of aromatic carboxylic acids is 1. The zero-order chi connectivity index (χ0) is 28.7. The molecule has 0 fully saturated rings. The molecule has 0 radical (unpaired) electrons. The number of aromatic nitrogens is 1. The number of hydrogen-bond acceptors (Lipinski definition) is 7. The van der Waals surface area contributed by atoms with E-state index in [9.17, 15) is 22.8 Å². The number of halogens is 4. The molecule has 4 aromatic rings. The van der Waals surface area contributed by atoms with Crippen LogP contribution in [0.5, 0.6) is 5.75 Å². The summed E-state index contributed by atoms with van der Waals surface area (Å²) in [6.45, 7) is 0.246. The van der Waals surface area contributed by atoms with Crippen LogP contribution in [0.25, 0.3) is 0 Å². The minimum atomic E-state index is -4.45. The smallest absolute Gasteiger partial charge is 0.416 e. The molecule has 206 valence electrons. The normalized spacial score (nSPS) is 11.4. The first-order valence-electron chi connectivity index (χ1n) is 11.5. The molecule has 4 rings (SSSR count). The minimum Gasteiger partial charge on any atom is -0.488 e. The molecule has 0 aliphatic rings. The summed E-state index contributed by atoms with van der Waals surface area (Å²) in [5.41, 5.74) is 4.01. The number of carbonyl (C=O) groups is 2. The average Bonchev–Trinajstić information content (AvgIpc) is 3.34. The van der Waals surface area contributed by atoms with Crippen molar-refractivity contribution < 1.29 is 32.6 Å². The molecule has 0 saturated carbocycles. The van der Waals surface area contributed by atoms with Crippen molar-refractivity contribution in [1.82, 2.24) is 10.4 Å². The number of anilines is 2. The lowest BCUT2D eigenvalue weighted by Gasteiger charge is -2.09. The summed E-state index contributed by atoms with van der Waals surface area (Å²) < 4.78 is 45.1. The Kier molecular flexibility index (Phi) is 9.17. The van der Waals surface area contributed by atoms with E-state index in [1.54, 1.807) is 35.7 Å². The van der Waals surface area contributed by atoms with Crippen LogP contribution < -0.4 is 15.5 Å². The summed E-state index contributed by atoms with van der Waals surface area (Å²) in [6, 6.07) is 16.4. The van der Waals surface area contributed by atoms with Crippen molar-refractivity contribution in [2.75, 3.05) is 5.32 Å². The van der Waals surface area contributed by atoms with Gasteiger partial charge in [0.1, 0.15) is 12.4 Å². The van der Waals surface area contributed by atoms with Gasteiger partial charge in [0.25, 0.3) is 0 Å². The molecule has 0 aliphatic heterocycles. The number of alkyl halides is 3. The fraction of sp³-hybridized carbons (Fsp3) is 0.111. The van der Waals surface area contributed by atoms with Gasteiger partial charge in [0.2, 0.25) is 5.91 Å². The number of thiazole rings is 1. The van der Waals surface area contributed by atoms with Gasteiger partial charge in [-0.3, -0.25) is 4.79 Å². The number of rotatable bonds is 10. The molecule has 1 aromatic heterocycles.